The van der Waals surface area contributed by atoms with Gasteiger partial charge in [0, 0.05) is 32.0 Å². The van der Waals surface area contributed by atoms with Gasteiger partial charge in [0.25, 0.3) is 0 Å². The fourth-order valence-corrected chi connectivity index (χ4v) is 2.78. The molecule has 2 N–H and O–H groups in total. The summed E-state index contributed by atoms with van der Waals surface area (Å²) in [4.78, 5) is 8.74. The van der Waals surface area contributed by atoms with Crippen molar-refractivity contribution in [2.24, 2.45) is 4.99 Å². The van der Waals surface area contributed by atoms with E-state index in [1.165, 1.54) is 11.1 Å². The molecule has 0 spiro atoms. The zero-order chi connectivity index (χ0) is 19.6. The number of benzene rings is 2. The quantitative estimate of drug-likeness (QED) is 0.278. The van der Waals surface area contributed by atoms with Gasteiger partial charge in [-0.15, -0.1) is 24.0 Å². The van der Waals surface area contributed by atoms with Crippen LogP contribution in [-0.2, 0) is 19.6 Å². The third kappa shape index (κ3) is 7.41. The Labute approximate surface area is 189 Å². The first-order chi connectivity index (χ1) is 13.8. The van der Waals surface area contributed by atoms with E-state index < -0.39 is 0 Å². The molecule has 0 saturated carbocycles. The van der Waals surface area contributed by atoms with Crippen LogP contribution in [0.2, 0.25) is 0 Å². The predicted molar refractivity (Wildman–Crippen MR) is 128 cm³/mol. The highest BCUT2D eigenvalue weighted by Gasteiger charge is 2.01. The highest BCUT2D eigenvalue weighted by molar-refractivity contribution is 14.0. The van der Waals surface area contributed by atoms with Crippen LogP contribution in [0.25, 0.3) is 0 Å². The maximum absolute atomic E-state index is 5.19. The van der Waals surface area contributed by atoms with Crippen molar-refractivity contribution in [3.63, 3.8) is 0 Å². The van der Waals surface area contributed by atoms with Gasteiger partial charge in [0.1, 0.15) is 5.75 Å². The molecular weight excluding hydrogens is 477 g/mol. The van der Waals surface area contributed by atoms with Crippen LogP contribution >= 0.6 is 24.0 Å². The smallest absolute Gasteiger partial charge is 0.191 e. The van der Waals surface area contributed by atoms with Crippen LogP contribution in [-0.4, -0.2) is 29.2 Å². The number of hydrogen-bond acceptors (Lipinski definition) is 3. The molecule has 7 heteroatoms. The van der Waals surface area contributed by atoms with Crippen LogP contribution in [0.5, 0.6) is 5.75 Å². The van der Waals surface area contributed by atoms with Crippen LogP contribution < -0.4 is 15.4 Å². The number of imidazole rings is 1. The van der Waals surface area contributed by atoms with Gasteiger partial charge in [-0.1, -0.05) is 36.4 Å². The number of guanidine groups is 1. The second kappa shape index (κ2) is 12.1. The number of hydrogen-bond donors (Lipinski definition) is 2. The van der Waals surface area contributed by atoms with E-state index in [9.17, 15) is 0 Å². The highest BCUT2D eigenvalue weighted by Crippen LogP contribution is 2.12. The molecule has 0 bridgehead atoms. The van der Waals surface area contributed by atoms with Gasteiger partial charge in [0.2, 0.25) is 0 Å². The normalized spacial score (nSPS) is 10.9. The SMILES string of the molecule is CCNC(=NCc1ccc(OC)cc1)NCc1ccc(Cn2ccnc2)cc1.I. The van der Waals surface area contributed by atoms with E-state index in [0.717, 1.165) is 36.9 Å². The molecule has 0 saturated heterocycles. The summed E-state index contributed by atoms with van der Waals surface area (Å²) in [6.45, 7) is 5.05. The summed E-state index contributed by atoms with van der Waals surface area (Å²) in [5.74, 6) is 1.66. The van der Waals surface area contributed by atoms with E-state index in [1.54, 1.807) is 13.3 Å². The van der Waals surface area contributed by atoms with Crippen molar-refractivity contribution >= 4 is 29.9 Å². The number of halogens is 1. The average molecular weight is 505 g/mol. The van der Waals surface area contributed by atoms with Crippen LogP contribution in [0.3, 0.4) is 0 Å². The monoisotopic (exact) mass is 505 g/mol. The van der Waals surface area contributed by atoms with Gasteiger partial charge in [0.15, 0.2) is 5.96 Å². The molecule has 2 aromatic carbocycles. The Morgan fingerprint density at radius 2 is 1.69 bits per heavy atom. The third-order valence-corrected chi connectivity index (χ3v) is 4.33. The van der Waals surface area contributed by atoms with Gasteiger partial charge in [-0.2, -0.15) is 0 Å². The Kier molecular flexibility index (Phi) is 9.49. The van der Waals surface area contributed by atoms with Crippen LogP contribution in [0.15, 0.2) is 72.2 Å². The molecule has 0 amide bonds. The van der Waals surface area contributed by atoms with Crippen LogP contribution in [0, 0.1) is 0 Å². The molecule has 3 aromatic rings. The van der Waals surface area contributed by atoms with E-state index >= 15 is 0 Å². The Bertz CT molecular complexity index is 861. The number of nitrogens with one attached hydrogen (secondary N) is 2. The molecule has 0 fully saturated rings. The predicted octanol–water partition coefficient (Wildman–Crippen LogP) is 3.81. The maximum atomic E-state index is 5.19. The van der Waals surface area contributed by atoms with Crippen molar-refractivity contribution in [1.82, 2.24) is 20.2 Å². The lowest BCUT2D eigenvalue weighted by Gasteiger charge is -2.12. The molecule has 0 unspecified atom stereocenters. The van der Waals surface area contributed by atoms with Crippen LogP contribution in [0.1, 0.15) is 23.6 Å². The molecule has 3 rings (SSSR count). The molecule has 1 aromatic heterocycles. The molecule has 6 nitrogen and oxygen atoms in total. The van der Waals surface area contributed by atoms with Crippen molar-refractivity contribution in [3.8, 4) is 5.75 Å². The average Bonchev–Trinajstić information content (AvgIpc) is 3.24. The number of aliphatic imine (C=N–C) groups is 1. The third-order valence-electron chi connectivity index (χ3n) is 4.33. The molecule has 29 heavy (non-hydrogen) atoms. The second-order valence-electron chi connectivity index (χ2n) is 6.45. The minimum absolute atomic E-state index is 0. The standard InChI is InChI=1S/C22H27N5O.HI/c1-3-24-22(26-15-19-8-10-21(28-2)11-9-19)25-14-18-4-6-20(7-5-18)16-27-13-12-23-17-27;/h4-13,17H,3,14-16H2,1-2H3,(H2,24,25,26);1H. The van der Waals surface area contributed by atoms with E-state index in [4.69, 9.17) is 4.74 Å². The van der Waals surface area contributed by atoms with Crippen molar-refractivity contribution in [3.05, 3.63) is 83.9 Å². The topological polar surface area (TPSA) is 63.5 Å². The molecule has 0 aliphatic rings. The number of nitrogens with zero attached hydrogens (tertiary/aromatic N) is 3. The molecule has 154 valence electrons. The molecule has 0 atom stereocenters. The molecule has 1 heterocycles. The first kappa shape index (κ1) is 22.7. The molecule has 0 radical (unpaired) electrons. The highest BCUT2D eigenvalue weighted by atomic mass is 127. The lowest BCUT2D eigenvalue weighted by Crippen LogP contribution is -2.36. The maximum Gasteiger partial charge on any atom is 0.191 e. The van der Waals surface area contributed by atoms with Gasteiger partial charge in [-0.05, 0) is 35.7 Å². The lowest BCUT2D eigenvalue weighted by molar-refractivity contribution is 0.414. The van der Waals surface area contributed by atoms with E-state index in [2.05, 4.69) is 56.4 Å². The summed E-state index contributed by atoms with van der Waals surface area (Å²) >= 11 is 0. The van der Waals surface area contributed by atoms with Crippen LogP contribution in [0.4, 0.5) is 0 Å². The Balaban J connectivity index is 0.00000300. The van der Waals surface area contributed by atoms with E-state index in [-0.39, 0.29) is 24.0 Å². The lowest BCUT2D eigenvalue weighted by atomic mass is 10.1. The van der Waals surface area contributed by atoms with Crippen molar-refractivity contribution in [1.29, 1.82) is 0 Å². The van der Waals surface area contributed by atoms with Gasteiger partial charge in [-0.3, -0.25) is 0 Å². The number of rotatable bonds is 8. The fourth-order valence-electron chi connectivity index (χ4n) is 2.78. The summed E-state index contributed by atoms with van der Waals surface area (Å²) in [5, 5.41) is 6.68. The fraction of sp³-hybridized carbons (Fsp3) is 0.273. The van der Waals surface area contributed by atoms with Gasteiger partial charge in [0.05, 0.1) is 20.0 Å². The summed E-state index contributed by atoms with van der Waals surface area (Å²) in [6.07, 6.45) is 5.60. The zero-order valence-corrected chi connectivity index (χ0v) is 19.2. The Hall–Kier alpha value is -2.55. The Morgan fingerprint density at radius 1 is 1.00 bits per heavy atom. The number of ether oxygens (including phenoxy) is 1. The minimum atomic E-state index is 0. The van der Waals surface area contributed by atoms with Crippen molar-refractivity contribution in [2.75, 3.05) is 13.7 Å². The minimum Gasteiger partial charge on any atom is -0.497 e. The molecule has 0 aliphatic heterocycles. The summed E-state index contributed by atoms with van der Waals surface area (Å²) in [5.41, 5.74) is 3.60. The van der Waals surface area contributed by atoms with Crippen molar-refractivity contribution < 1.29 is 4.74 Å². The first-order valence-corrected chi connectivity index (χ1v) is 9.45. The van der Waals surface area contributed by atoms with Gasteiger partial charge < -0.3 is 19.9 Å². The van der Waals surface area contributed by atoms with E-state index in [1.807, 2.05) is 36.8 Å². The number of aromatic nitrogens is 2. The van der Waals surface area contributed by atoms with E-state index in [0.29, 0.717) is 6.54 Å². The summed E-state index contributed by atoms with van der Waals surface area (Å²) in [7, 11) is 1.67. The molecule has 0 aliphatic carbocycles. The zero-order valence-electron chi connectivity index (χ0n) is 16.8. The van der Waals surface area contributed by atoms with Gasteiger partial charge in [-0.25, -0.2) is 9.98 Å². The summed E-state index contributed by atoms with van der Waals surface area (Å²) < 4.78 is 7.25. The second-order valence-corrected chi connectivity index (χ2v) is 6.45. The van der Waals surface area contributed by atoms with Gasteiger partial charge >= 0.3 is 0 Å². The Morgan fingerprint density at radius 3 is 2.31 bits per heavy atom. The summed E-state index contributed by atoms with van der Waals surface area (Å²) in [6, 6.07) is 16.6. The van der Waals surface area contributed by atoms with Crippen molar-refractivity contribution in [2.45, 2.75) is 26.6 Å². The molecular formula is C22H28IN5O. The largest absolute Gasteiger partial charge is 0.497 e. The first-order valence-electron chi connectivity index (χ1n) is 9.45. The number of methoxy groups -OCH3 is 1.